The number of rotatable bonds is 4. The zero-order valence-electron chi connectivity index (χ0n) is 8.85. The van der Waals surface area contributed by atoms with Crippen molar-refractivity contribution in [3.05, 3.63) is 47.5 Å². The fraction of sp³-hybridized carbons (Fsp3) is 0.273. The maximum absolute atomic E-state index is 13.0. The molecule has 0 spiro atoms. The van der Waals surface area contributed by atoms with Crippen molar-refractivity contribution in [1.82, 2.24) is 14.1 Å². The summed E-state index contributed by atoms with van der Waals surface area (Å²) in [6, 6.07) is 6.71. The van der Waals surface area contributed by atoms with Gasteiger partial charge in [-0.05, 0) is 31.2 Å². The Morgan fingerprint density at radius 2 is 2.38 bits per heavy atom. The second-order valence-electron chi connectivity index (χ2n) is 3.51. The number of hydrogen-bond donors (Lipinski definition) is 1. The number of nitrogens with zero attached hydrogens (tertiary/aromatic N) is 2. The molecular formula is C11H12FN3S. The van der Waals surface area contributed by atoms with Crippen LogP contribution in [0.4, 0.5) is 4.39 Å². The minimum absolute atomic E-state index is 0.0838. The van der Waals surface area contributed by atoms with Gasteiger partial charge in [-0.3, -0.25) is 0 Å². The molecule has 0 fully saturated rings. The number of nitrogens with one attached hydrogen (secondary N) is 1. The average Bonchev–Trinajstić information content (AvgIpc) is 2.79. The van der Waals surface area contributed by atoms with Crippen LogP contribution >= 0.6 is 11.7 Å². The third-order valence-corrected chi connectivity index (χ3v) is 2.90. The quantitative estimate of drug-likeness (QED) is 0.885. The van der Waals surface area contributed by atoms with Crippen LogP contribution in [0.1, 0.15) is 17.3 Å². The Balaban J connectivity index is 2.13. The van der Waals surface area contributed by atoms with Crippen molar-refractivity contribution in [3.63, 3.8) is 0 Å². The first-order chi connectivity index (χ1) is 7.79. The topological polar surface area (TPSA) is 37.8 Å². The van der Waals surface area contributed by atoms with E-state index >= 15 is 0 Å². The third-order valence-electron chi connectivity index (χ3n) is 2.41. The summed E-state index contributed by atoms with van der Waals surface area (Å²) in [6.45, 7) is 0. The molecule has 0 aliphatic heterocycles. The van der Waals surface area contributed by atoms with Gasteiger partial charge < -0.3 is 5.32 Å². The summed E-state index contributed by atoms with van der Waals surface area (Å²) < 4.78 is 21.2. The van der Waals surface area contributed by atoms with Crippen LogP contribution in [-0.2, 0) is 6.42 Å². The highest BCUT2D eigenvalue weighted by molar-refractivity contribution is 6.99. The standard InChI is InChI=1S/C11H12FN3S/c1-13-10(11-7-14-16-15-11)6-8-3-2-4-9(12)5-8/h2-5,7,10,13H,6H2,1H3. The van der Waals surface area contributed by atoms with E-state index in [-0.39, 0.29) is 11.9 Å². The fourth-order valence-electron chi connectivity index (χ4n) is 1.58. The molecule has 1 N–H and O–H groups in total. The molecule has 3 nitrogen and oxygen atoms in total. The summed E-state index contributed by atoms with van der Waals surface area (Å²) in [5.41, 5.74) is 1.85. The molecule has 1 atom stereocenters. The lowest BCUT2D eigenvalue weighted by atomic mass is 10.0. The molecule has 16 heavy (non-hydrogen) atoms. The molecule has 0 radical (unpaired) electrons. The lowest BCUT2D eigenvalue weighted by molar-refractivity contribution is 0.574. The van der Waals surface area contributed by atoms with Gasteiger partial charge in [0.15, 0.2) is 0 Å². The summed E-state index contributed by atoms with van der Waals surface area (Å²) in [4.78, 5) is 0. The molecule has 84 valence electrons. The Bertz CT molecular complexity index is 444. The van der Waals surface area contributed by atoms with E-state index in [1.165, 1.54) is 17.8 Å². The van der Waals surface area contributed by atoms with E-state index in [2.05, 4.69) is 14.1 Å². The van der Waals surface area contributed by atoms with Crippen LogP contribution in [0.2, 0.25) is 0 Å². The van der Waals surface area contributed by atoms with Gasteiger partial charge in [0.1, 0.15) is 5.82 Å². The SMILES string of the molecule is CNC(Cc1cccc(F)c1)c1cnsn1. The lowest BCUT2D eigenvalue weighted by Gasteiger charge is -2.13. The molecule has 0 bridgehead atoms. The minimum atomic E-state index is -0.205. The lowest BCUT2D eigenvalue weighted by Crippen LogP contribution is -2.19. The van der Waals surface area contributed by atoms with E-state index in [9.17, 15) is 4.39 Å². The van der Waals surface area contributed by atoms with E-state index in [0.29, 0.717) is 6.42 Å². The number of benzene rings is 1. The summed E-state index contributed by atoms with van der Waals surface area (Å²) in [6.07, 6.45) is 2.45. The molecular weight excluding hydrogens is 225 g/mol. The van der Waals surface area contributed by atoms with Crippen molar-refractivity contribution in [2.45, 2.75) is 12.5 Å². The molecule has 2 aromatic rings. The van der Waals surface area contributed by atoms with E-state index in [1.807, 2.05) is 13.1 Å². The molecule has 0 aliphatic carbocycles. The number of hydrogen-bond acceptors (Lipinski definition) is 4. The van der Waals surface area contributed by atoms with Gasteiger partial charge in [0.05, 0.1) is 29.7 Å². The number of halogens is 1. The molecule has 1 heterocycles. The first-order valence-electron chi connectivity index (χ1n) is 4.99. The number of likely N-dealkylation sites (N-methyl/N-ethyl adjacent to an activating group) is 1. The Kier molecular flexibility index (Phi) is 3.58. The second-order valence-corrected chi connectivity index (χ2v) is 4.06. The van der Waals surface area contributed by atoms with Crippen molar-refractivity contribution in [1.29, 1.82) is 0 Å². The molecule has 1 unspecified atom stereocenters. The van der Waals surface area contributed by atoms with Crippen molar-refractivity contribution >= 4 is 11.7 Å². The van der Waals surface area contributed by atoms with Crippen LogP contribution in [0, 0.1) is 5.82 Å². The normalized spacial score (nSPS) is 12.6. The van der Waals surface area contributed by atoms with Gasteiger partial charge >= 0.3 is 0 Å². The van der Waals surface area contributed by atoms with E-state index in [4.69, 9.17) is 0 Å². The van der Waals surface area contributed by atoms with E-state index in [0.717, 1.165) is 11.3 Å². The van der Waals surface area contributed by atoms with Crippen molar-refractivity contribution in [2.24, 2.45) is 0 Å². The van der Waals surface area contributed by atoms with Gasteiger partial charge in [-0.1, -0.05) is 12.1 Å². The predicted molar refractivity (Wildman–Crippen MR) is 61.8 cm³/mol. The maximum Gasteiger partial charge on any atom is 0.123 e. The second kappa shape index (κ2) is 5.14. The molecule has 2 rings (SSSR count). The maximum atomic E-state index is 13.0. The zero-order chi connectivity index (χ0) is 11.4. The third kappa shape index (κ3) is 2.62. The summed E-state index contributed by atoms with van der Waals surface area (Å²) >= 11 is 1.18. The van der Waals surface area contributed by atoms with Gasteiger partial charge in [-0.25, -0.2) is 4.39 Å². The van der Waals surface area contributed by atoms with Crippen molar-refractivity contribution < 1.29 is 4.39 Å². The summed E-state index contributed by atoms with van der Waals surface area (Å²) in [5, 5.41) is 3.15. The Labute approximate surface area is 97.7 Å². The van der Waals surface area contributed by atoms with Crippen LogP contribution in [0.3, 0.4) is 0 Å². The Morgan fingerprint density at radius 3 is 3.00 bits per heavy atom. The van der Waals surface area contributed by atoms with Gasteiger partial charge in [-0.15, -0.1) is 0 Å². The molecule has 0 aliphatic rings. The molecule has 0 saturated heterocycles. The van der Waals surface area contributed by atoms with Crippen LogP contribution in [0.5, 0.6) is 0 Å². The largest absolute Gasteiger partial charge is 0.311 e. The summed E-state index contributed by atoms with van der Waals surface area (Å²) in [7, 11) is 1.86. The highest BCUT2D eigenvalue weighted by Gasteiger charge is 2.12. The monoisotopic (exact) mass is 237 g/mol. The zero-order valence-corrected chi connectivity index (χ0v) is 9.67. The summed E-state index contributed by atoms with van der Waals surface area (Å²) in [5.74, 6) is -0.205. The van der Waals surface area contributed by atoms with Crippen LogP contribution in [0.15, 0.2) is 30.5 Å². The van der Waals surface area contributed by atoms with Crippen LogP contribution in [0.25, 0.3) is 0 Å². The van der Waals surface area contributed by atoms with E-state index in [1.54, 1.807) is 18.3 Å². The van der Waals surface area contributed by atoms with Crippen LogP contribution in [-0.4, -0.2) is 15.8 Å². The first kappa shape index (κ1) is 11.2. The molecule has 1 aromatic heterocycles. The predicted octanol–water partition coefficient (Wildman–Crippen LogP) is 2.18. The Morgan fingerprint density at radius 1 is 1.50 bits per heavy atom. The highest BCUT2D eigenvalue weighted by atomic mass is 32.1. The van der Waals surface area contributed by atoms with E-state index < -0.39 is 0 Å². The fourth-order valence-corrected chi connectivity index (χ4v) is 2.05. The van der Waals surface area contributed by atoms with Gasteiger partial charge in [0.25, 0.3) is 0 Å². The number of aromatic nitrogens is 2. The van der Waals surface area contributed by atoms with Gasteiger partial charge in [0, 0.05) is 0 Å². The van der Waals surface area contributed by atoms with Gasteiger partial charge in [0.2, 0.25) is 0 Å². The molecule has 1 aromatic carbocycles. The molecule has 5 heteroatoms. The molecule has 0 saturated carbocycles. The van der Waals surface area contributed by atoms with Crippen LogP contribution < -0.4 is 5.32 Å². The van der Waals surface area contributed by atoms with Gasteiger partial charge in [-0.2, -0.15) is 8.75 Å². The highest BCUT2D eigenvalue weighted by Crippen LogP contribution is 2.16. The Hall–Kier alpha value is -1.33. The smallest absolute Gasteiger partial charge is 0.123 e. The molecule has 0 amide bonds. The van der Waals surface area contributed by atoms with Crippen molar-refractivity contribution in [3.8, 4) is 0 Å². The average molecular weight is 237 g/mol. The minimum Gasteiger partial charge on any atom is -0.311 e. The van der Waals surface area contributed by atoms with Crippen molar-refractivity contribution in [2.75, 3.05) is 7.05 Å². The first-order valence-corrected chi connectivity index (χ1v) is 5.72.